The summed E-state index contributed by atoms with van der Waals surface area (Å²) in [5.41, 5.74) is 0.764. The Morgan fingerprint density at radius 2 is 2.07 bits per heavy atom. The second-order valence-corrected chi connectivity index (χ2v) is 6.58. The first kappa shape index (κ1) is 19.5. The van der Waals surface area contributed by atoms with Crippen molar-refractivity contribution in [1.82, 2.24) is 10.3 Å². The molecule has 154 valence electrons. The van der Waals surface area contributed by atoms with Crippen LogP contribution < -0.4 is 15.4 Å². The van der Waals surface area contributed by atoms with Crippen molar-refractivity contribution in [1.29, 1.82) is 0 Å². The number of anilines is 1. The molecule has 1 unspecified atom stereocenters. The Labute approximate surface area is 168 Å². The topological polar surface area (TPSA) is 106 Å². The average Bonchev–Trinajstić information content (AvgIpc) is 3.28. The van der Waals surface area contributed by atoms with Gasteiger partial charge in [0, 0.05) is 36.4 Å². The summed E-state index contributed by atoms with van der Waals surface area (Å²) in [6.07, 6.45) is 1.06. The Morgan fingerprint density at radius 1 is 1.33 bits per heavy atom. The fourth-order valence-corrected chi connectivity index (χ4v) is 3.32. The number of oxazole rings is 1. The van der Waals surface area contributed by atoms with E-state index < -0.39 is 35.4 Å². The lowest BCUT2D eigenvalue weighted by molar-refractivity contribution is -0.120. The Balaban J connectivity index is 1.52. The molecule has 8 nitrogen and oxygen atoms in total. The molecule has 0 spiro atoms. The molecule has 1 fully saturated rings. The molecule has 2 aromatic carbocycles. The SMILES string of the molecule is COc1cc(F)c([C@@H]2CNC(=O)C2/C=N/C(=O)Nc2nc3ccccc3o2)c(F)c1. The number of nitrogens with zero attached hydrogens (tertiary/aromatic N) is 2. The van der Waals surface area contributed by atoms with Crippen molar-refractivity contribution in [3.05, 3.63) is 53.6 Å². The summed E-state index contributed by atoms with van der Waals surface area (Å²) in [5.74, 6) is -4.06. The summed E-state index contributed by atoms with van der Waals surface area (Å²) >= 11 is 0. The summed E-state index contributed by atoms with van der Waals surface area (Å²) in [5, 5.41) is 4.89. The molecule has 1 aliphatic rings. The van der Waals surface area contributed by atoms with Crippen LogP contribution in [0.3, 0.4) is 0 Å². The number of aromatic nitrogens is 1. The molecular weight excluding hydrogens is 398 g/mol. The van der Waals surface area contributed by atoms with Crippen molar-refractivity contribution in [3.63, 3.8) is 0 Å². The molecule has 2 atom stereocenters. The minimum Gasteiger partial charge on any atom is -0.497 e. The maximum absolute atomic E-state index is 14.4. The fourth-order valence-electron chi connectivity index (χ4n) is 3.32. The summed E-state index contributed by atoms with van der Waals surface area (Å²) in [6.45, 7) is 0.00242. The van der Waals surface area contributed by atoms with Crippen LogP contribution >= 0.6 is 0 Å². The fraction of sp³-hybridized carbons (Fsp3) is 0.200. The number of aliphatic imine (C=N–C) groups is 1. The van der Waals surface area contributed by atoms with Crippen LogP contribution in [0.25, 0.3) is 11.1 Å². The first-order valence-electron chi connectivity index (χ1n) is 8.97. The van der Waals surface area contributed by atoms with E-state index >= 15 is 0 Å². The van der Waals surface area contributed by atoms with Crippen molar-refractivity contribution in [2.45, 2.75) is 5.92 Å². The number of rotatable bonds is 4. The van der Waals surface area contributed by atoms with E-state index in [1.165, 1.54) is 7.11 Å². The molecule has 1 aromatic heterocycles. The zero-order chi connectivity index (χ0) is 21.3. The molecule has 1 aliphatic heterocycles. The van der Waals surface area contributed by atoms with Gasteiger partial charge in [-0.25, -0.2) is 18.6 Å². The van der Waals surface area contributed by atoms with Crippen molar-refractivity contribution in [3.8, 4) is 5.75 Å². The van der Waals surface area contributed by atoms with E-state index in [1.54, 1.807) is 24.3 Å². The van der Waals surface area contributed by atoms with Crippen molar-refractivity contribution < 1.29 is 27.5 Å². The van der Waals surface area contributed by atoms with Gasteiger partial charge in [0.05, 0.1) is 13.0 Å². The van der Waals surface area contributed by atoms with Gasteiger partial charge in [-0.15, -0.1) is 0 Å². The summed E-state index contributed by atoms with van der Waals surface area (Å²) in [4.78, 5) is 32.0. The van der Waals surface area contributed by atoms with Gasteiger partial charge in [0.15, 0.2) is 5.58 Å². The molecule has 3 amide bonds. The van der Waals surface area contributed by atoms with Gasteiger partial charge in [0.1, 0.15) is 22.9 Å². The number of hydrogen-bond acceptors (Lipinski definition) is 5. The smallest absolute Gasteiger partial charge is 0.348 e. The molecular formula is C20H16F2N4O4. The maximum atomic E-state index is 14.4. The highest BCUT2D eigenvalue weighted by atomic mass is 19.1. The number of nitrogens with one attached hydrogen (secondary N) is 2. The molecule has 10 heteroatoms. The number of urea groups is 1. The number of methoxy groups -OCH3 is 1. The van der Waals surface area contributed by atoms with Crippen LogP contribution in [0.4, 0.5) is 19.6 Å². The van der Waals surface area contributed by atoms with Crippen LogP contribution in [0.5, 0.6) is 5.75 Å². The number of carbonyl (C=O) groups excluding carboxylic acids is 2. The molecule has 0 saturated carbocycles. The van der Waals surface area contributed by atoms with Gasteiger partial charge in [-0.05, 0) is 12.1 Å². The van der Waals surface area contributed by atoms with E-state index in [9.17, 15) is 18.4 Å². The van der Waals surface area contributed by atoms with Crippen LogP contribution in [0, 0.1) is 17.6 Å². The lowest BCUT2D eigenvalue weighted by Gasteiger charge is -2.16. The maximum Gasteiger partial charge on any atom is 0.348 e. The number of ether oxygens (including phenoxy) is 1. The largest absolute Gasteiger partial charge is 0.497 e. The Morgan fingerprint density at radius 3 is 2.77 bits per heavy atom. The minimum atomic E-state index is -1.03. The standard InChI is InChI=1S/C20H16F2N4O4/c1-29-10-6-13(21)17(14(22)7-10)11-8-23-18(27)12(11)9-24-19(28)26-20-25-15-4-2-3-5-16(15)30-20/h2-7,9,11-12H,8H2,1H3,(H,23,27)(H,25,26,28)/b24-9+/t11-,12?/m1/s1. The molecule has 1 saturated heterocycles. The van der Waals surface area contributed by atoms with Crippen LogP contribution in [0.1, 0.15) is 11.5 Å². The van der Waals surface area contributed by atoms with Crippen LogP contribution in [-0.2, 0) is 4.79 Å². The highest BCUT2D eigenvalue weighted by molar-refractivity contribution is 6.02. The van der Waals surface area contributed by atoms with Crippen LogP contribution in [0.2, 0.25) is 0 Å². The number of fused-ring (bicyclic) bond motifs is 1. The first-order valence-corrected chi connectivity index (χ1v) is 8.97. The van der Waals surface area contributed by atoms with E-state index in [-0.39, 0.29) is 23.9 Å². The van der Waals surface area contributed by atoms with Gasteiger partial charge in [0.2, 0.25) is 5.91 Å². The number of amides is 3. The highest BCUT2D eigenvalue weighted by Crippen LogP contribution is 2.33. The van der Waals surface area contributed by atoms with Crippen LogP contribution in [0.15, 0.2) is 45.8 Å². The number of halogens is 2. The molecule has 4 rings (SSSR count). The Hall–Kier alpha value is -3.82. The monoisotopic (exact) mass is 414 g/mol. The van der Waals surface area contributed by atoms with Gasteiger partial charge < -0.3 is 14.5 Å². The van der Waals surface area contributed by atoms with Crippen molar-refractivity contribution in [2.24, 2.45) is 10.9 Å². The Kier molecular flexibility index (Phi) is 5.13. The second-order valence-electron chi connectivity index (χ2n) is 6.58. The number of hydrogen-bond donors (Lipinski definition) is 2. The normalized spacial score (nSPS) is 18.7. The molecule has 2 heterocycles. The molecule has 0 radical (unpaired) electrons. The zero-order valence-electron chi connectivity index (χ0n) is 15.7. The number of carbonyl (C=O) groups is 2. The van der Waals surface area contributed by atoms with E-state index in [0.717, 1.165) is 18.3 Å². The predicted octanol–water partition coefficient (Wildman–Crippen LogP) is 3.25. The minimum absolute atomic E-state index is 0.00242. The van der Waals surface area contributed by atoms with Crippen molar-refractivity contribution in [2.75, 3.05) is 19.0 Å². The zero-order valence-corrected chi connectivity index (χ0v) is 15.7. The van der Waals surface area contributed by atoms with E-state index in [2.05, 4.69) is 20.6 Å². The summed E-state index contributed by atoms with van der Waals surface area (Å²) < 4.78 is 39.1. The lowest BCUT2D eigenvalue weighted by Crippen LogP contribution is -2.22. The average molecular weight is 414 g/mol. The van der Waals surface area contributed by atoms with Gasteiger partial charge >= 0.3 is 12.0 Å². The number of para-hydroxylation sites is 2. The molecule has 2 N–H and O–H groups in total. The molecule has 30 heavy (non-hydrogen) atoms. The summed E-state index contributed by atoms with van der Waals surface area (Å²) in [6, 6.07) is 8.10. The second kappa shape index (κ2) is 7.90. The third-order valence-corrected chi connectivity index (χ3v) is 4.75. The van der Waals surface area contributed by atoms with Gasteiger partial charge in [0.25, 0.3) is 0 Å². The van der Waals surface area contributed by atoms with Crippen LogP contribution in [-0.4, -0.2) is 36.8 Å². The summed E-state index contributed by atoms with van der Waals surface area (Å²) in [7, 11) is 1.29. The third kappa shape index (κ3) is 3.71. The van der Waals surface area contributed by atoms with Gasteiger partial charge in [-0.1, -0.05) is 12.1 Å². The molecule has 0 bridgehead atoms. The third-order valence-electron chi connectivity index (χ3n) is 4.75. The number of benzene rings is 2. The van der Waals surface area contributed by atoms with Crippen molar-refractivity contribution >= 4 is 35.3 Å². The van der Waals surface area contributed by atoms with E-state index in [0.29, 0.717) is 11.1 Å². The Bertz CT molecular complexity index is 1100. The molecule has 0 aliphatic carbocycles. The highest BCUT2D eigenvalue weighted by Gasteiger charge is 2.38. The van der Waals surface area contributed by atoms with E-state index in [1.807, 2.05) is 0 Å². The predicted molar refractivity (Wildman–Crippen MR) is 104 cm³/mol. The lowest BCUT2D eigenvalue weighted by atomic mass is 9.88. The first-order chi connectivity index (χ1) is 14.5. The van der Waals surface area contributed by atoms with E-state index in [4.69, 9.17) is 9.15 Å². The van der Waals surface area contributed by atoms with Gasteiger partial charge in [-0.3, -0.25) is 10.1 Å². The van der Waals surface area contributed by atoms with Gasteiger partial charge in [-0.2, -0.15) is 4.98 Å². The molecule has 3 aromatic rings. The quantitative estimate of drug-likeness (QED) is 0.638.